The van der Waals surface area contributed by atoms with Gasteiger partial charge in [0, 0.05) is 22.2 Å². The van der Waals surface area contributed by atoms with E-state index in [1.807, 2.05) is 12.1 Å². The van der Waals surface area contributed by atoms with Crippen LogP contribution in [0, 0.1) is 0 Å². The van der Waals surface area contributed by atoms with Gasteiger partial charge in [-0.3, -0.25) is 0 Å². The van der Waals surface area contributed by atoms with Gasteiger partial charge in [0.25, 0.3) is 0 Å². The van der Waals surface area contributed by atoms with Gasteiger partial charge >= 0.3 is 0 Å². The van der Waals surface area contributed by atoms with Crippen molar-refractivity contribution in [3.63, 3.8) is 0 Å². The molecule has 2 heteroatoms. The molecule has 0 aromatic heterocycles. The second-order valence-electron chi connectivity index (χ2n) is 3.30. The van der Waals surface area contributed by atoms with Crippen molar-refractivity contribution < 1.29 is 16.5 Å². The first-order valence-corrected chi connectivity index (χ1v) is 5.40. The van der Waals surface area contributed by atoms with E-state index in [1.54, 1.807) is 0 Å². The fourth-order valence-corrected chi connectivity index (χ4v) is 1.96. The molecule has 0 nitrogen and oxygen atoms in total. The minimum Gasteiger partial charge on any atom is -0.125 e. The Hall–Kier alpha value is -0.636. The van der Waals surface area contributed by atoms with Gasteiger partial charge in [0.05, 0.1) is 0 Å². The van der Waals surface area contributed by atoms with E-state index in [9.17, 15) is 0 Å². The van der Waals surface area contributed by atoms with Crippen molar-refractivity contribution in [3.8, 4) is 0 Å². The second-order valence-corrected chi connectivity index (χ2v) is 3.97. The van der Waals surface area contributed by atoms with Crippen molar-refractivity contribution in [1.29, 1.82) is 0 Å². The molecule has 0 saturated carbocycles. The molecule has 0 aliphatic heterocycles. The molecule has 2 aromatic rings. The maximum atomic E-state index is 2.89. The summed E-state index contributed by atoms with van der Waals surface area (Å²) in [5.41, 5.74) is 3.07. The Morgan fingerprint density at radius 1 is 0.667 bits per heavy atom. The Morgan fingerprint density at radius 2 is 1.00 bits per heavy atom. The van der Waals surface area contributed by atoms with Crippen LogP contribution >= 0.6 is 9.24 Å². The summed E-state index contributed by atoms with van der Waals surface area (Å²) >= 11 is 0. The van der Waals surface area contributed by atoms with E-state index in [1.165, 1.54) is 11.1 Å². The molecule has 0 heterocycles. The summed E-state index contributed by atoms with van der Waals surface area (Å²) in [7, 11) is 2.89. The first-order chi connectivity index (χ1) is 6.88. The molecular formula is C13H13NiP. The van der Waals surface area contributed by atoms with E-state index in [4.69, 9.17) is 0 Å². The van der Waals surface area contributed by atoms with Gasteiger partial charge in [-0.15, -0.1) is 9.24 Å². The molecule has 0 amide bonds. The molecule has 0 fully saturated rings. The molecule has 80 valence electrons. The number of hydrogen-bond donors (Lipinski definition) is 0. The monoisotopic (exact) mass is 258 g/mol. The molecule has 0 radical (unpaired) electrons. The molecule has 0 aliphatic carbocycles. The average Bonchev–Trinajstić information content (AvgIpc) is 2.30. The zero-order valence-corrected chi connectivity index (χ0v) is 10.4. The summed E-state index contributed by atoms with van der Waals surface area (Å²) in [6.07, 6.45) is 0. The maximum absolute atomic E-state index is 2.89. The van der Waals surface area contributed by atoms with Crippen molar-refractivity contribution in [2.24, 2.45) is 0 Å². The van der Waals surface area contributed by atoms with Crippen molar-refractivity contribution >= 4 is 9.24 Å². The van der Waals surface area contributed by atoms with Gasteiger partial charge in [0.1, 0.15) is 0 Å². The average molecular weight is 259 g/mol. The Labute approximate surface area is 103 Å². The SMILES string of the molecule is PC(c1ccccc1)c1ccccc1.[Ni]. The van der Waals surface area contributed by atoms with Crippen LogP contribution in [0.4, 0.5) is 0 Å². The topological polar surface area (TPSA) is 0 Å². The third-order valence-corrected chi connectivity index (χ3v) is 3.09. The van der Waals surface area contributed by atoms with E-state index in [0.29, 0.717) is 5.66 Å². The normalized spacial score (nSPS) is 9.73. The molecule has 2 aromatic carbocycles. The molecule has 0 saturated heterocycles. The Kier molecular flexibility index (Phi) is 5.02. The summed E-state index contributed by atoms with van der Waals surface area (Å²) < 4.78 is 0. The van der Waals surface area contributed by atoms with E-state index in [0.717, 1.165) is 0 Å². The standard InChI is InChI=1S/C13H13P.Ni/c14-13(11-7-3-1-4-8-11)12-9-5-2-6-10-12;/h1-10,13H,14H2;. The van der Waals surface area contributed by atoms with Gasteiger partial charge in [-0.2, -0.15) is 0 Å². The molecule has 0 N–H and O–H groups in total. The zero-order chi connectivity index (χ0) is 9.80. The molecular weight excluding hydrogens is 246 g/mol. The summed E-state index contributed by atoms with van der Waals surface area (Å²) in [5.74, 6) is 0. The summed E-state index contributed by atoms with van der Waals surface area (Å²) in [5, 5.41) is 0. The Balaban J connectivity index is 0.00000112. The quantitative estimate of drug-likeness (QED) is 0.570. The first kappa shape index (κ1) is 12.4. The fraction of sp³-hybridized carbons (Fsp3) is 0.0769. The van der Waals surface area contributed by atoms with Crippen molar-refractivity contribution in [1.82, 2.24) is 0 Å². The van der Waals surface area contributed by atoms with Crippen LogP contribution in [0.5, 0.6) is 0 Å². The minimum absolute atomic E-state index is 0. The van der Waals surface area contributed by atoms with Gasteiger partial charge in [0.15, 0.2) is 0 Å². The van der Waals surface area contributed by atoms with Crippen LogP contribution in [-0.4, -0.2) is 0 Å². The molecule has 0 aliphatic rings. The smallest absolute Gasteiger partial charge is 0.0234 e. The summed E-state index contributed by atoms with van der Waals surface area (Å²) in [6.45, 7) is 0. The summed E-state index contributed by atoms with van der Waals surface area (Å²) in [6, 6.07) is 21.0. The zero-order valence-electron chi connectivity index (χ0n) is 8.24. The van der Waals surface area contributed by atoms with E-state index in [-0.39, 0.29) is 16.5 Å². The van der Waals surface area contributed by atoms with Gasteiger partial charge < -0.3 is 0 Å². The third-order valence-electron chi connectivity index (χ3n) is 2.32. The van der Waals surface area contributed by atoms with Crippen LogP contribution in [0.25, 0.3) is 0 Å². The van der Waals surface area contributed by atoms with Crippen molar-refractivity contribution in [2.75, 3.05) is 0 Å². The predicted octanol–water partition coefficient (Wildman–Crippen LogP) is 3.65. The molecule has 2 rings (SSSR count). The first-order valence-electron chi connectivity index (χ1n) is 4.73. The van der Waals surface area contributed by atoms with Crippen molar-refractivity contribution in [3.05, 3.63) is 71.8 Å². The van der Waals surface area contributed by atoms with Crippen LogP contribution in [0.15, 0.2) is 60.7 Å². The predicted molar refractivity (Wildman–Crippen MR) is 64.4 cm³/mol. The minimum atomic E-state index is 0. The Morgan fingerprint density at radius 3 is 1.33 bits per heavy atom. The van der Waals surface area contributed by atoms with Crippen LogP contribution in [0.2, 0.25) is 0 Å². The van der Waals surface area contributed by atoms with Gasteiger partial charge in [0.2, 0.25) is 0 Å². The maximum Gasteiger partial charge on any atom is 0.0234 e. The second kappa shape index (κ2) is 6.06. The number of rotatable bonds is 2. The summed E-state index contributed by atoms with van der Waals surface area (Å²) in [4.78, 5) is 0. The Bertz CT molecular complexity index is 346. The number of benzene rings is 2. The molecule has 1 unspecified atom stereocenters. The molecule has 0 spiro atoms. The third kappa shape index (κ3) is 3.16. The van der Waals surface area contributed by atoms with Crippen LogP contribution in [0.1, 0.15) is 16.8 Å². The van der Waals surface area contributed by atoms with Gasteiger partial charge in [-0.25, -0.2) is 0 Å². The van der Waals surface area contributed by atoms with E-state index in [2.05, 4.69) is 57.8 Å². The van der Waals surface area contributed by atoms with E-state index < -0.39 is 0 Å². The molecule has 15 heavy (non-hydrogen) atoms. The largest absolute Gasteiger partial charge is 0.125 e. The van der Waals surface area contributed by atoms with Crippen molar-refractivity contribution in [2.45, 2.75) is 5.66 Å². The fourth-order valence-electron chi connectivity index (χ4n) is 1.51. The van der Waals surface area contributed by atoms with E-state index >= 15 is 0 Å². The van der Waals surface area contributed by atoms with Gasteiger partial charge in [-0.05, 0) is 11.1 Å². The number of hydrogen-bond acceptors (Lipinski definition) is 0. The van der Waals surface area contributed by atoms with Crippen LogP contribution in [0.3, 0.4) is 0 Å². The van der Waals surface area contributed by atoms with Gasteiger partial charge in [-0.1, -0.05) is 60.7 Å². The van der Waals surface area contributed by atoms with Crippen LogP contribution < -0.4 is 0 Å². The molecule has 0 bridgehead atoms. The molecule has 1 atom stereocenters. The van der Waals surface area contributed by atoms with Crippen LogP contribution in [-0.2, 0) is 16.5 Å².